The maximum absolute atomic E-state index is 12.2. The Labute approximate surface area is 198 Å². The molecule has 12 heteroatoms. The van der Waals surface area contributed by atoms with E-state index in [-0.39, 0.29) is 23.1 Å². The SMILES string of the molecule is O=C(O)C1=CC[C@@H]2C(C(=O)O)=CO[C@@H](O[C@@H]3O[C@H](COC(=O)c4ccccc4)[C@@H](O)[C@H](O)[C@H]3O)[C@H]12. The van der Waals surface area contributed by atoms with E-state index >= 15 is 0 Å². The summed E-state index contributed by atoms with van der Waals surface area (Å²) in [5, 5.41) is 50.0. The third kappa shape index (κ3) is 4.92. The summed E-state index contributed by atoms with van der Waals surface area (Å²) in [4.78, 5) is 35.5. The van der Waals surface area contributed by atoms with Crippen LogP contribution < -0.4 is 0 Å². The lowest BCUT2D eigenvalue weighted by atomic mass is 9.83. The van der Waals surface area contributed by atoms with Crippen molar-refractivity contribution in [3.8, 4) is 0 Å². The Hall–Kier alpha value is -3.29. The molecule has 2 aliphatic heterocycles. The van der Waals surface area contributed by atoms with Crippen LogP contribution in [0.2, 0.25) is 0 Å². The third-order valence-electron chi connectivity index (χ3n) is 6.22. The van der Waals surface area contributed by atoms with Gasteiger partial charge < -0.3 is 44.5 Å². The molecule has 1 aliphatic carbocycles. The number of aliphatic hydroxyl groups is 3. The predicted octanol–water partition coefficient (Wildman–Crippen LogP) is -0.360. The number of hydrogen-bond donors (Lipinski definition) is 5. The molecule has 0 bridgehead atoms. The first kappa shape index (κ1) is 24.8. The van der Waals surface area contributed by atoms with Crippen LogP contribution in [-0.4, -0.2) is 87.0 Å². The lowest BCUT2D eigenvalue weighted by Crippen LogP contribution is -2.60. The monoisotopic (exact) mass is 492 g/mol. The second kappa shape index (κ2) is 10.1. The first-order chi connectivity index (χ1) is 16.7. The highest BCUT2D eigenvalue weighted by atomic mass is 16.8. The number of rotatable bonds is 7. The molecule has 0 amide bonds. The largest absolute Gasteiger partial charge is 0.478 e. The van der Waals surface area contributed by atoms with Crippen molar-refractivity contribution >= 4 is 17.9 Å². The molecule has 0 aromatic heterocycles. The fourth-order valence-corrected chi connectivity index (χ4v) is 4.39. The van der Waals surface area contributed by atoms with Gasteiger partial charge in [-0.2, -0.15) is 0 Å². The van der Waals surface area contributed by atoms with Gasteiger partial charge in [-0.05, 0) is 18.6 Å². The Bertz CT molecular complexity index is 1030. The van der Waals surface area contributed by atoms with Crippen LogP contribution in [0.4, 0.5) is 0 Å². The maximum atomic E-state index is 12.2. The number of carbonyl (C=O) groups is 3. The van der Waals surface area contributed by atoms with Crippen LogP contribution in [-0.2, 0) is 28.5 Å². The van der Waals surface area contributed by atoms with Crippen LogP contribution in [0.3, 0.4) is 0 Å². The van der Waals surface area contributed by atoms with E-state index in [2.05, 4.69) is 0 Å². The van der Waals surface area contributed by atoms with Gasteiger partial charge in [-0.15, -0.1) is 0 Å². The number of carbonyl (C=O) groups excluding carboxylic acids is 1. The van der Waals surface area contributed by atoms with Crippen LogP contribution in [0.5, 0.6) is 0 Å². The molecule has 1 aromatic rings. The minimum Gasteiger partial charge on any atom is -0.478 e. The molecule has 2 heterocycles. The summed E-state index contributed by atoms with van der Waals surface area (Å²) in [6.45, 7) is -0.487. The average Bonchev–Trinajstić information content (AvgIpc) is 3.30. The summed E-state index contributed by atoms with van der Waals surface area (Å²) in [5.74, 6) is -5.04. The van der Waals surface area contributed by atoms with Gasteiger partial charge in [0.15, 0.2) is 6.29 Å². The summed E-state index contributed by atoms with van der Waals surface area (Å²) < 4.78 is 21.7. The lowest BCUT2D eigenvalue weighted by molar-refractivity contribution is -0.339. The number of esters is 1. The summed E-state index contributed by atoms with van der Waals surface area (Å²) in [6.07, 6.45) is -6.98. The van der Waals surface area contributed by atoms with E-state index in [9.17, 15) is 39.9 Å². The standard InChI is InChI=1S/C23H24O12/c24-16-14(9-32-21(31)10-4-2-1-3-5-10)34-23(18(26)17(16)25)35-22-15-11(6-7-12(15)19(27)28)13(8-33-22)20(29)30/h1-5,7-8,11,14-18,22-26H,6,9H2,(H,27,28)(H,29,30)/t11-,14-,15+,16-,17+,18-,22+,23+/m1/s1. The van der Waals surface area contributed by atoms with Gasteiger partial charge in [0, 0.05) is 11.5 Å². The summed E-state index contributed by atoms with van der Waals surface area (Å²) in [6, 6.07) is 8.03. The second-order valence-electron chi connectivity index (χ2n) is 8.33. The zero-order valence-electron chi connectivity index (χ0n) is 18.2. The molecule has 5 N–H and O–H groups in total. The summed E-state index contributed by atoms with van der Waals surface area (Å²) >= 11 is 0. The van der Waals surface area contributed by atoms with E-state index in [0.717, 1.165) is 6.26 Å². The molecule has 0 spiro atoms. The van der Waals surface area contributed by atoms with E-state index in [0.29, 0.717) is 0 Å². The molecule has 12 nitrogen and oxygen atoms in total. The van der Waals surface area contributed by atoms with Crippen LogP contribution in [0.15, 0.2) is 53.8 Å². The lowest BCUT2D eigenvalue weighted by Gasteiger charge is -2.42. The Morgan fingerprint density at radius 2 is 1.60 bits per heavy atom. The molecule has 0 unspecified atom stereocenters. The van der Waals surface area contributed by atoms with Crippen molar-refractivity contribution < 1.29 is 58.9 Å². The van der Waals surface area contributed by atoms with E-state index in [1.165, 1.54) is 18.2 Å². The average molecular weight is 492 g/mol. The van der Waals surface area contributed by atoms with Gasteiger partial charge in [-0.1, -0.05) is 24.3 Å². The van der Waals surface area contributed by atoms with Crippen molar-refractivity contribution in [3.05, 3.63) is 59.4 Å². The van der Waals surface area contributed by atoms with Gasteiger partial charge in [-0.25, -0.2) is 14.4 Å². The van der Waals surface area contributed by atoms with Crippen LogP contribution in [0.25, 0.3) is 0 Å². The quantitative estimate of drug-likeness (QED) is 0.311. The molecule has 0 saturated carbocycles. The Morgan fingerprint density at radius 3 is 2.26 bits per heavy atom. The zero-order valence-corrected chi connectivity index (χ0v) is 18.2. The first-order valence-electron chi connectivity index (χ1n) is 10.8. The highest BCUT2D eigenvalue weighted by Crippen LogP contribution is 2.44. The van der Waals surface area contributed by atoms with Crippen molar-refractivity contribution in [1.82, 2.24) is 0 Å². The van der Waals surface area contributed by atoms with Crippen molar-refractivity contribution in [2.45, 2.75) is 43.4 Å². The topological polar surface area (TPSA) is 189 Å². The van der Waals surface area contributed by atoms with Gasteiger partial charge in [0.1, 0.15) is 31.0 Å². The maximum Gasteiger partial charge on any atom is 0.338 e. The number of benzene rings is 1. The number of allylic oxidation sites excluding steroid dienone is 1. The Balaban J connectivity index is 1.48. The minimum atomic E-state index is -1.77. The fraction of sp³-hybridized carbons (Fsp3) is 0.435. The van der Waals surface area contributed by atoms with Crippen molar-refractivity contribution in [2.24, 2.45) is 11.8 Å². The molecular formula is C23H24O12. The number of aliphatic carboxylic acids is 2. The minimum absolute atomic E-state index is 0.119. The fourth-order valence-electron chi connectivity index (χ4n) is 4.39. The number of aliphatic hydroxyl groups excluding tert-OH is 3. The number of hydrogen-bond acceptors (Lipinski definition) is 10. The Kier molecular flexibility index (Phi) is 7.19. The first-order valence-corrected chi connectivity index (χ1v) is 10.8. The van der Waals surface area contributed by atoms with Crippen LogP contribution >= 0.6 is 0 Å². The van der Waals surface area contributed by atoms with Crippen LogP contribution in [0, 0.1) is 11.8 Å². The van der Waals surface area contributed by atoms with Gasteiger partial charge >= 0.3 is 17.9 Å². The van der Waals surface area contributed by atoms with Gasteiger partial charge in [0.25, 0.3) is 0 Å². The highest BCUT2D eigenvalue weighted by Gasteiger charge is 2.51. The molecule has 188 valence electrons. The highest BCUT2D eigenvalue weighted by molar-refractivity contribution is 5.91. The van der Waals surface area contributed by atoms with Crippen molar-refractivity contribution in [3.63, 3.8) is 0 Å². The van der Waals surface area contributed by atoms with Crippen molar-refractivity contribution in [2.75, 3.05) is 6.61 Å². The number of ether oxygens (including phenoxy) is 4. The van der Waals surface area contributed by atoms with E-state index in [1.807, 2.05) is 0 Å². The van der Waals surface area contributed by atoms with E-state index in [4.69, 9.17) is 18.9 Å². The molecule has 3 aliphatic rings. The molecule has 0 radical (unpaired) electrons. The molecule has 1 saturated heterocycles. The van der Waals surface area contributed by atoms with Gasteiger partial charge in [0.2, 0.25) is 6.29 Å². The molecular weight excluding hydrogens is 468 g/mol. The van der Waals surface area contributed by atoms with Crippen LogP contribution in [0.1, 0.15) is 16.8 Å². The number of fused-ring (bicyclic) bond motifs is 1. The molecule has 4 rings (SSSR count). The van der Waals surface area contributed by atoms with Crippen molar-refractivity contribution in [1.29, 1.82) is 0 Å². The summed E-state index contributed by atoms with van der Waals surface area (Å²) in [5.41, 5.74) is 0.00256. The smallest absolute Gasteiger partial charge is 0.338 e. The summed E-state index contributed by atoms with van der Waals surface area (Å²) in [7, 11) is 0. The number of carboxylic acids is 2. The zero-order chi connectivity index (χ0) is 25.3. The third-order valence-corrected chi connectivity index (χ3v) is 6.22. The van der Waals surface area contributed by atoms with Gasteiger partial charge in [0.05, 0.1) is 23.3 Å². The number of carboxylic acid groups (broad SMARTS) is 2. The molecule has 1 aromatic carbocycles. The molecule has 8 atom stereocenters. The second-order valence-corrected chi connectivity index (χ2v) is 8.33. The predicted molar refractivity (Wildman–Crippen MR) is 112 cm³/mol. The normalized spacial score (nSPS) is 34.1. The van der Waals surface area contributed by atoms with Gasteiger partial charge in [-0.3, -0.25) is 0 Å². The molecule has 35 heavy (non-hydrogen) atoms. The van der Waals surface area contributed by atoms with E-state index in [1.54, 1.807) is 18.2 Å². The Morgan fingerprint density at radius 1 is 0.914 bits per heavy atom. The van der Waals surface area contributed by atoms with E-state index < -0.39 is 73.3 Å². The molecule has 1 fully saturated rings.